The van der Waals surface area contributed by atoms with Crippen molar-refractivity contribution in [2.45, 2.75) is 44.4 Å². The molecule has 0 aliphatic heterocycles. The second kappa shape index (κ2) is 9.64. The highest BCUT2D eigenvalue weighted by Crippen LogP contribution is 2.30. The van der Waals surface area contributed by atoms with Gasteiger partial charge in [-0.25, -0.2) is 18.1 Å². The van der Waals surface area contributed by atoms with Gasteiger partial charge in [-0.2, -0.15) is 4.98 Å². The largest absolute Gasteiger partial charge is 0.362 e. The highest BCUT2D eigenvalue weighted by atomic mass is 32.2. The summed E-state index contributed by atoms with van der Waals surface area (Å²) in [5.74, 6) is 2.71. The molecule has 0 spiro atoms. The van der Waals surface area contributed by atoms with E-state index >= 15 is 0 Å². The maximum atomic E-state index is 12.6. The van der Waals surface area contributed by atoms with Crippen LogP contribution in [-0.2, 0) is 10.0 Å². The van der Waals surface area contributed by atoms with E-state index in [1.54, 1.807) is 13.8 Å². The fourth-order valence-corrected chi connectivity index (χ4v) is 5.95. The Morgan fingerprint density at radius 2 is 1.70 bits per heavy atom. The molecule has 2 N–H and O–H groups in total. The Morgan fingerprint density at radius 3 is 2.33 bits per heavy atom. The van der Waals surface area contributed by atoms with Crippen LogP contribution in [0, 0.1) is 25.7 Å². The standard InChI is InChI=1S/C23H32N6O3S/c1-15-21(16(2)32-28-15)33(30,31)25-14-18-11-9-17(10-12-18)13-24-23-26-20-8-6-5-7-19(20)22(27-23)29(3)4/h5-8,17-18,25H,9-14H2,1-4H3,(H,24,26,27)/t17-,18-. The molecule has 0 unspecified atom stereocenters. The molecular formula is C23H32N6O3S. The van der Waals surface area contributed by atoms with E-state index in [4.69, 9.17) is 9.51 Å². The van der Waals surface area contributed by atoms with Gasteiger partial charge in [0.2, 0.25) is 16.0 Å². The molecule has 0 radical (unpaired) electrons. The van der Waals surface area contributed by atoms with Crippen LogP contribution in [0.4, 0.5) is 11.8 Å². The van der Waals surface area contributed by atoms with Gasteiger partial charge in [0.05, 0.1) is 5.52 Å². The molecule has 10 heteroatoms. The minimum atomic E-state index is -3.61. The smallest absolute Gasteiger partial charge is 0.245 e. The highest BCUT2D eigenvalue weighted by molar-refractivity contribution is 7.89. The second-order valence-corrected chi connectivity index (χ2v) is 10.8. The second-order valence-electron chi connectivity index (χ2n) is 9.06. The lowest BCUT2D eigenvalue weighted by atomic mass is 9.82. The maximum absolute atomic E-state index is 12.6. The van der Waals surface area contributed by atoms with Gasteiger partial charge in [-0.3, -0.25) is 0 Å². The van der Waals surface area contributed by atoms with Crippen molar-refractivity contribution in [3.8, 4) is 0 Å². The Labute approximate surface area is 195 Å². The van der Waals surface area contributed by atoms with Crippen molar-refractivity contribution in [2.24, 2.45) is 11.8 Å². The van der Waals surface area contributed by atoms with E-state index in [9.17, 15) is 8.42 Å². The van der Waals surface area contributed by atoms with Crippen molar-refractivity contribution in [3.63, 3.8) is 0 Å². The summed E-state index contributed by atoms with van der Waals surface area (Å²) in [5.41, 5.74) is 1.32. The maximum Gasteiger partial charge on any atom is 0.245 e. The van der Waals surface area contributed by atoms with Crippen molar-refractivity contribution in [1.82, 2.24) is 19.8 Å². The average molecular weight is 473 g/mol. The third-order valence-electron chi connectivity index (χ3n) is 6.32. The SMILES string of the molecule is Cc1noc(C)c1S(=O)(=O)NC[C@H]1CC[C@H](CNc2nc(N(C)C)c3ccccc3n2)CC1. The van der Waals surface area contributed by atoms with Crippen LogP contribution in [0.1, 0.15) is 37.1 Å². The third-order valence-corrected chi connectivity index (χ3v) is 7.99. The third kappa shape index (κ3) is 5.27. The van der Waals surface area contributed by atoms with Crippen molar-refractivity contribution in [3.05, 3.63) is 35.7 Å². The zero-order valence-corrected chi connectivity index (χ0v) is 20.4. The van der Waals surface area contributed by atoms with Crippen LogP contribution >= 0.6 is 0 Å². The van der Waals surface area contributed by atoms with Crippen LogP contribution < -0.4 is 14.9 Å². The number of anilines is 2. The van der Waals surface area contributed by atoms with E-state index in [0.29, 0.717) is 35.8 Å². The Bertz CT molecular complexity index is 1200. The first-order valence-corrected chi connectivity index (χ1v) is 12.8. The first-order valence-electron chi connectivity index (χ1n) is 11.3. The molecule has 1 aromatic carbocycles. The van der Waals surface area contributed by atoms with Gasteiger partial charge in [0.25, 0.3) is 0 Å². The van der Waals surface area contributed by atoms with Crippen LogP contribution in [0.25, 0.3) is 10.9 Å². The number of aryl methyl sites for hydroxylation is 2. The van der Waals surface area contributed by atoms with Crippen LogP contribution in [-0.4, -0.2) is 50.7 Å². The lowest BCUT2D eigenvalue weighted by Gasteiger charge is -2.28. The van der Waals surface area contributed by atoms with Gasteiger partial charge >= 0.3 is 0 Å². The zero-order valence-electron chi connectivity index (χ0n) is 19.6. The fraction of sp³-hybridized carbons (Fsp3) is 0.522. The number of fused-ring (bicyclic) bond motifs is 1. The van der Waals surface area contributed by atoms with Crippen molar-refractivity contribution in [2.75, 3.05) is 37.4 Å². The first-order chi connectivity index (χ1) is 15.7. The number of nitrogens with zero attached hydrogens (tertiary/aromatic N) is 4. The summed E-state index contributed by atoms with van der Waals surface area (Å²) in [4.78, 5) is 11.5. The summed E-state index contributed by atoms with van der Waals surface area (Å²) in [6.45, 7) is 4.51. The molecule has 4 rings (SSSR count). The van der Waals surface area contributed by atoms with Crippen LogP contribution in [0.5, 0.6) is 0 Å². The van der Waals surface area contributed by atoms with E-state index in [1.165, 1.54) is 0 Å². The van der Waals surface area contributed by atoms with Crippen molar-refractivity contribution < 1.29 is 12.9 Å². The van der Waals surface area contributed by atoms with Gasteiger partial charge in [0.15, 0.2) is 5.76 Å². The minimum Gasteiger partial charge on any atom is -0.362 e. The number of benzene rings is 1. The average Bonchev–Trinajstić information content (AvgIpc) is 3.15. The molecule has 33 heavy (non-hydrogen) atoms. The number of hydrogen-bond donors (Lipinski definition) is 2. The normalized spacial score (nSPS) is 19.0. The van der Waals surface area contributed by atoms with Crippen molar-refractivity contribution >= 4 is 32.7 Å². The summed E-state index contributed by atoms with van der Waals surface area (Å²) in [6.07, 6.45) is 4.05. The fourth-order valence-electron chi connectivity index (χ4n) is 4.51. The van der Waals surface area contributed by atoms with E-state index in [2.05, 4.69) is 20.2 Å². The topological polar surface area (TPSA) is 113 Å². The van der Waals surface area contributed by atoms with Gasteiger partial charge in [-0.05, 0) is 63.5 Å². The minimum absolute atomic E-state index is 0.160. The summed E-state index contributed by atoms with van der Waals surface area (Å²) >= 11 is 0. The molecule has 1 fully saturated rings. The molecule has 2 aromatic heterocycles. The number of para-hydroxylation sites is 1. The molecule has 0 bridgehead atoms. The van der Waals surface area contributed by atoms with E-state index in [-0.39, 0.29) is 4.90 Å². The monoisotopic (exact) mass is 472 g/mol. The molecule has 9 nitrogen and oxygen atoms in total. The molecule has 1 aliphatic carbocycles. The number of nitrogens with one attached hydrogen (secondary N) is 2. The van der Waals surface area contributed by atoms with Gasteiger partial charge in [-0.15, -0.1) is 0 Å². The Balaban J connectivity index is 1.30. The molecule has 2 heterocycles. The summed E-state index contributed by atoms with van der Waals surface area (Å²) < 4.78 is 33.0. The Morgan fingerprint density at radius 1 is 1.03 bits per heavy atom. The molecule has 0 amide bonds. The lowest BCUT2D eigenvalue weighted by Crippen LogP contribution is -2.32. The van der Waals surface area contributed by atoms with Gasteiger partial charge < -0.3 is 14.7 Å². The van der Waals surface area contributed by atoms with Gasteiger partial charge in [0.1, 0.15) is 16.4 Å². The zero-order chi connectivity index (χ0) is 23.6. The number of rotatable bonds is 8. The molecule has 0 atom stereocenters. The lowest BCUT2D eigenvalue weighted by molar-refractivity contribution is 0.284. The summed E-state index contributed by atoms with van der Waals surface area (Å²) in [7, 11) is 0.366. The predicted octanol–water partition coefficient (Wildman–Crippen LogP) is 3.50. The van der Waals surface area contributed by atoms with Crippen LogP contribution in [0.15, 0.2) is 33.7 Å². The van der Waals surface area contributed by atoms with Crippen LogP contribution in [0.3, 0.4) is 0 Å². The molecular weight excluding hydrogens is 440 g/mol. The molecule has 3 aromatic rings. The highest BCUT2D eigenvalue weighted by Gasteiger charge is 2.27. The summed E-state index contributed by atoms with van der Waals surface area (Å²) in [5, 5.41) is 8.21. The number of hydrogen-bond acceptors (Lipinski definition) is 8. The molecule has 1 aliphatic rings. The van der Waals surface area contributed by atoms with Crippen molar-refractivity contribution in [1.29, 1.82) is 0 Å². The van der Waals surface area contributed by atoms with Gasteiger partial charge in [-0.1, -0.05) is 17.3 Å². The Kier molecular flexibility index (Phi) is 6.85. The van der Waals surface area contributed by atoms with E-state index in [0.717, 1.165) is 48.9 Å². The molecule has 0 saturated heterocycles. The van der Waals surface area contributed by atoms with Gasteiger partial charge in [0, 0.05) is 32.6 Å². The molecule has 178 valence electrons. The van der Waals surface area contributed by atoms with Crippen LogP contribution in [0.2, 0.25) is 0 Å². The summed E-state index contributed by atoms with van der Waals surface area (Å²) in [6, 6.07) is 8.03. The van der Waals surface area contributed by atoms with E-state index in [1.807, 2.05) is 43.3 Å². The number of sulfonamides is 1. The van der Waals surface area contributed by atoms with E-state index < -0.39 is 10.0 Å². The predicted molar refractivity (Wildman–Crippen MR) is 129 cm³/mol. The first kappa shape index (κ1) is 23.4. The number of aromatic nitrogens is 3. The molecule has 1 saturated carbocycles. The Hall–Kier alpha value is -2.72. The quantitative estimate of drug-likeness (QED) is 0.512.